The fourth-order valence-corrected chi connectivity index (χ4v) is 3.56. The van der Waals surface area contributed by atoms with Crippen LogP contribution in [0.3, 0.4) is 0 Å². The molecule has 2 aliphatic rings. The molecule has 0 aliphatic carbocycles. The minimum absolute atomic E-state index is 0. The fraction of sp³-hybridized carbons (Fsp3) is 0.611. The molecular weight excluding hydrogens is 375 g/mol. The average molecular weight is 403 g/mol. The van der Waals surface area contributed by atoms with Gasteiger partial charge in [0.1, 0.15) is 5.82 Å². The van der Waals surface area contributed by atoms with Gasteiger partial charge in [0, 0.05) is 24.7 Å². The van der Waals surface area contributed by atoms with Gasteiger partial charge in [-0.3, -0.25) is 9.59 Å². The second-order valence-corrected chi connectivity index (χ2v) is 6.80. The first-order valence-corrected chi connectivity index (χ1v) is 8.87. The van der Waals surface area contributed by atoms with Gasteiger partial charge in [0.15, 0.2) is 0 Å². The summed E-state index contributed by atoms with van der Waals surface area (Å²) in [5.74, 6) is 0.749. The third-order valence-corrected chi connectivity index (χ3v) is 4.93. The van der Waals surface area contributed by atoms with Crippen LogP contribution in [0.25, 0.3) is 0 Å². The lowest BCUT2D eigenvalue weighted by Gasteiger charge is -2.35. The van der Waals surface area contributed by atoms with Crippen LogP contribution in [0.5, 0.6) is 0 Å². The lowest BCUT2D eigenvalue weighted by atomic mass is 9.92. The van der Waals surface area contributed by atoms with Crippen LogP contribution in [0.1, 0.15) is 31.4 Å². The van der Waals surface area contributed by atoms with Crippen molar-refractivity contribution in [2.24, 2.45) is 11.8 Å². The smallest absolute Gasteiger partial charge is 0.230 e. The summed E-state index contributed by atoms with van der Waals surface area (Å²) in [5, 5.41) is 6.18. The van der Waals surface area contributed by atoms with E-state index in [-0.39, 0.29) is 48.5 Å². The van der Waals surface area contributed by atoms with Crippen molar-refractivity contribution in [3.8, 4) is 0 Å². The van der Waals surface area contributed by atoms with E-state index in [1.54, 1.807) is 6.07 Å². The van der Waals surface area contributed by atoms with Gasteiger partial charge in [-0.1, -0.05) is 6.07 Å². The number of carbonyl (C=O) groups is 2. The fourth-order valence-electron chi connectivity index (χ4n) is 3.56. The summed E-state index contributed by atoms with van der Waals surface area (Å²) in [4.78, 5) is 31.4. The monoisotopic (exact) mass is 402 g/mol. The van der Waals surface area contributed by atoms with Crippen molar-refractivity contribution in [3.05, 3.63) is 23.9 Å². The van der Waals surface area contributed by atoms with Gasteiger partial charge in [-0.15, -0.1) is 24.8 Å². The molecule has 0 aromatic carbocycles. The summed E-state index contributed by atoms with van der Waals surface area (Å²) >= 11 is 0. The lowest BCUT2D eigenvalue weighted by Crippen LogP contribution is -2.47. The van der Waals surface area contributed by atoms with Gasteiger partial charge >= 0.3 is 0 Å². The van der Waals surface area contributed by atoms with Gasteiger partial charge in [-0.05, 0) is 57.8 Å². The molecule has 6 nitrogen and oxygen atoms in total. The first kappa shape index (κ1) is 22.7. The number of rotatable bonds is 3. The summed E-state index contributed by atoms with van der Waals surface area (Å²) in [6.45, 7) is 5.02. The first-order chi connectivity index (χ1) is 11.6. The van der Waals surface area contributed by atoms with E-state index >= 15 is 0 Å². The van der Waals surface area contributed by atoms with Gasteiger partial charge in [0.25, 0.3) is 0 Å². The Hall–Kier alpha value is -1.37. The number of hydrogen-bond acceptors (Lipinski definition) is 4. The maximum Gasteiger partial charge on any atom is 0.230 e. The third kappa shape index (κ3) is 5.83. The number of halogens is 2. The summed E-state index contributed by atoms with van der Waals surface area (Å²) < 4.78 is 0. The van der Waals surface area contributed by atoms with Crippen molar-refractivity contribution in [3.63, 3.8) is 0 Å². The summed E-state index contributed by atoms with van der Waals surface area (Å²) in [6.07, 6.45) is 3.52. The molecule has 0 radical (unpaired) electrons. The zero-order chi connectivity index (χ0) is 16.9. The van der Waals surface area contributed by atoms with Crippen LogP contribution < -0.4 is 10.6 Å². The van der Waals surface area contributed by atoms with E-state index < -0.39 is 0 Å². The molecule has 3 heterocycles. The van der Waals surface area contributed by atoms with E-state index in [0.29, 0.717) is 12.4 Å². The van der Waals surface area contributed by atoms with Crippen molar-refractivity contribution in [1.82, 2.24) is 15.2 Å². The molecule has 8 heteroatoms. The predicted molar refractivity (Wildman–Crippen MR) is 107 cm³/mol. The molecule has 1 unspecified atom stereocenters. The molecule has 2 aliphatic heterocycles. The molecule has 26 heavy (non-hydrogen) atoms. The third-order valence-electron chi connectivity index (χ3n) is 4.93. The predicted octanol–water partition coefficient (Wildman–Crippen LogP) is 2.41. The Morgan fingerprint density at radius 3 is 2.58 bits per heavy atom. The normalized spacial score (nSPS) is 20.5. The Balaban J connectivity index is 0.00000169. The van der Waals surface area contributed by atoms with Gasteiger partial charge in [-0.25, -0.2) is 4.98 Å². The minimum Gasteiger partial charge on any atom is -0.342 e. The van der Waals surface area contributed by atoms with Crippen LogP contribution in [0.4, 0.5) is 5.82 Å². The SMILES string of the molecule is Cc1cccc(NC(=O)C2CCCN(C(=O)C3CCNCC3)C2)n1.Cl.Cl. The number of aryl methyl sites for hydroxylation is 1. The molecule has 3 rings (SSSR count). The van der Waals surface area contributed by atoms with E-state index in [1.807, 2.05) is 24.0 Å². The molecular formula is C18H28Cl2N4O2. The van der Waals surface area contributed by atoms with E-state index in [4.69, 9.17) is 0 Å². The van der Waals surface area contributed by atoms with Crippen LogP contribution >= 0.6 is 24.8 Å². The molecule has 2 fully saturated rings. The summed E-state index contributed by atoms with van der Waals surface area (Å²) in [6, 6.07) is 5.58. The van der Waals surface area contributed by atoms with E-state index in [9.17, 15) is 9.59 Å². The topological polar surface area (TPSA) is 74.3 Å². The number of hydrogen-bond donors (Lipinski definition) is 2. The molecule has 2 N–H and O–H groups in total. The van der Waals surface area contributed by atoms with Crippen molar-refractivity contribution in [1.29, 1.82) is 0 Å². The largest absolute Gasteiger partial charge is 0.342 e. The number of carbonyl (C=O) groups excluding carboxylic acids is 2. The van der Waals surface area contributed by atoms with Gasteiger partial charge in [0.2, 0.25) is 11.8 Å². The van der Waals surface area contributed by atoms with Crippen LogP contribution in [0, 0.1) is 18.8 Å². The van der Waals surface area contributed by atoms with Crippen LogP contribution in [0.2, 0.25) is 0 Å². The molecule has 1 aromatic rings. The van der Waals surface area contributed by atoms with Crippen LogP contribution in [-0.2, 0) is 9.59 Å². The molecule has 2 saturated heterocycles. The standard InChI is InChI=1S/C18H26N4O2.2ClH/c1-13-4-2-6-16(20-13)21-17(23)15-5-3-11-22(12-15)18(24)14-7-9-19-10-8-14;;/h2,4,6,14-15,19H,3,5,7-12H2,1H3,(H,20,21,23);2*1H. The number of piperidine rings is 2. The maximum atomic E-state index is 12.7. The molecule has 1 aromatic heterocycles. The van der Waals surface area contributed by atoms with Gasteiger partial charge in [0.05, 0.1) is 5.92 Å². The molecule has 0 saturated carbocycles. The Morgan fingerprint density at radius 1 is 1.15 bits per heavy atom. The Bertz CT molecular complexity index is 609. The van der Waals surface area contributed by atoms with Crippen LogP contribution in [-0.4, -0.2) is 47.9 Å². The Morgan fingerprint density at radius 2 is 1.88 bits per heavy atom. The Labute approximate surface area is 167 Å². The molecule has 2 amide bonds. The quantitative estimate of drug-likeness (QED) is 0.813. The number of amides is 2. The van der Waals surface area contributed by atoms with Crippen molar-refractivity contribution in [2.45, 2.75) is 32.6 Å². The first-order valence-electron chi connectivity index (χ1n) is 8.87. The van der Waals surface area contributed by atoms with Gasteiger partial charge < -0.3 is 15.5 Å². The highest BCUT2D eigenvalue weighted by Crippen LogP contribution is 2.22. The molecule has 146 valence electrons. The summed E-state index contributed by atoms with van der Waals surface area (Å²) in [7, 11) is 0. The van der Waals surface area contributed by atoms with E-state index in [0.717, 1.165) is 51.0 Å². The number of pyridine rings is 1. The van der Waals surface area contributed by atoms with E-state index in [2.05, 4.69) is 15.6 Å². The van der Waals surface area contributed by atoms with Crippen molar-refractivity contribution < 1.29 is 9.59 Å². The highest BCUT2D eigenvalue weighted by Gasteiger charge is 2.32. The van der Waals surface area contributed by atoms with Crippen molar-refractivity contribution in [2.75, 3.05) is 31.5 Å². The maximum absolute atomic E-state index is 12.7. The number of aromatic nitrogens is 1. The number of nitrogens with one attached hydrogen (secondary N) is 2. The second-order valence-electron chi connectivity index (χ2n) is 6.80. The molecule has 0 bridgehead atoms. The molecule has 0 spiro atoms. The second kappa shape index (κ2) is 10.7. The van der Waals surface area contributed by atoms with E-state index in [1.165, 1.54) is 0 Å². The van der Waals surface area contributed by atoms with Gasteiger partial charge in [-0.2, -0.15) is 0 Å². The minimum atomic E-state index is -0.147. The number of anilines is 1. The highest BCUT2D eigenvalue weighted by molar-refractivity contribution is 5.92. The summed E-state index contributed by atoms with van der Waals surface area (Å²) in [5.41, 5.74) is 0.874. The highest BCUT2D eigenvalue weighted by atomic mass is 35.5. The molecule has 1 atom stereocenters. The zero-order valence-corrected chi connectivity index (χ0v) is 16.7. The Kier molecular flexibility index (Phi) is 9.33. The zero-order valence-electron chi connectivity index (χ0n) is 15.1. The number of likely N-dealkylation sites (tertiary alicyclic amines) is 1. The number of nitrogens with zero attached hydrogens (tertiary/aromatic N) is 2. The van der Waals surface area contributed by atoms with Crippen molar-refractivity contribution >= 4 is 42.4 Å². The average Bonchev–Trinajstić information content (AvgIpc) is 2.62. The van der Waals surface area contributed by atoms with Crippen LogP contribution in [0.15, 0.2) is 18.2 Å². The lowest BCUT2D eigenvalue weighted by molar-refractivity contribution is -0.139.